The zero-order chi connectivity index (χ0) is 17.8. The molecule has 26 heavy (non-hydrogen) atoms. The van der Waals surface area contributed by atoms with Crippen LogP contribution in [0, 0.1) is 11.3 Å². The number of hydrogen-bond acceptors (Lipinski definition) is 6. The lowest BCUT2D eigenvalue weighted by atomic mass is 10.0. The number of nitriles is 1. The SMILES string of the molecule is N#Cc1ccccc1-c1cc(N2CCOCC2)cc(N2CCOCC2)n1. The van der Waals surface area contributed by atoms with Crippen molar-refractivity contribution in [3.8, 4) is 17.3 Å². The largest absolute Gasteiger partial charge is 0.378 e. The van der Waals surface area contributed by atoms with Crippen LogP contribution < -0.4 is 9.80 Å². The Morgan fingerprint density at radius 1 is 0.885 bits per heavy atom. The molecule has 6 nitrogen and oxygen atoms in total. The zero-order valence-electron chi connectivity index (χ0n) is 14.7. The van der Waals surface area contributed by atoms with E-state index in [2.05, 4.69) is 28.0 Å². The summed E-state index contributed by atoms with van der Waals surface area (Å²) in [5, 5.41) is 9.48. The molecule has 0 spiro atoms. The van der Waals surface area contributed by atoms with Gasteiger partial charge in [0.1, 0.15) is 5.82 Å². The minimum Gasteiger partial charge on any atom is -0.378 e. The van der Waals surface area contributed by atoms with Gasteiger partial charge in [0, 0.05) is 43.5 Å². The average molecular weight is 350 g/mol. The lowest BCUT2D eigenvalue weighted by Crippen LogP contribution is -2.38. The lowest BCUT2D eigenvalue weighted by molar-refractivity contribution is 0.122. The molecule has 2 fully saturated rings. The zero-order valence-corrected chi connectivity index (χ0v) is 14.7. The molecule has 0 radical (unpaired) electrons. The molecule has 4 rings (SSSR count). The van der Waals surface area contributed by atoms with Gasteiger partial charge in [0.2, 0.25) is 0 Å². The van der Waals surface area contributed by atoms with Gasteiger partial charge in [0.05, 0.1) is 43.8 Å². The monoisotopic (exact) mass is 350 g/mol. The minimum atomic E-state index is 0.645. The third-order valence-corrected chi connectivity index (χ3v) is 4.83. The summed E-state index contributed by atoms with van der Waals surface area (Å²) in [5.41, 5.74) is 3.49. The smallest absolute Gasteiger partial charge is 0.131 e. The second-order valence-corrected chi connectivity index (χ2v) is 6.43. The summed E-state index contributed by atoms with van der Waals surface area (Å²) in [6.45, 7) is 6.30. The van der Waals surface area contributed by atoms with E-state index in [0.717, 1.165) is 62.2 Å². The quantitative estimate of drug-likeness (QED) is 0.846. The maximum Gasteiger partial charge on any atom is 0.131 e. The lowest BCUT2D eigenvalue weighted by Gasteiger charge is -2.32. The number of benzene rings is 1. The number of rotatable bonds is 3. The molecule has 6 heteroatoms. The Hall–Kier alpha value is -2.62. The molecule has 2 aliphatic heterocycles. The van der Waals surface area contributed by atoms with Crippen molar-refractivity contribution in [1.82, 2.24) is 4.98 Å². The van der Waals surface area contributed by atoms with Gasteiger partial charge in [0.15, 0.2) is 0 Å². The Balaban J connectivity index is 1.78. The molecule has 0 saturated carbocycles. The molecule has 2 aromatic rings. The van der Waals surface area contributed by atoms with Crippen molar-refractivity contribution >= 4 is 11.5 Å². The van der Waals surface area contributed by atoms with Gasteiger partial charge in [-0.3, -0.25) is 0 Å². The topological polar surface area (TPSA) is 61.6 Å². The molecule has 134 valence electrons. The normalized spacial score (nSPS) is 17.8. The summed E-state index contributed by atoms with van der Waals surface area (Å²) in [6.07, 6.45) is 0. The Kier molecular flexibility index (Phi) is 5.00. The number of anilines is 2. The summed E-state index contributed by atoms with van der Waals surface area (Å²) < 4.78 is 11.0. The van der Waals surface area contributed by atoms with E-state index in [1.165, 1.54) is 0 Å². The highest BCUT2D eigenvalue weighted by Crippen LogP contribution is 2.30. The van der Waals surface area contributed by atoms with Gasteiger partial charge in [-0.1, -0.05) is 18.2 Å². The first-order chi connectivity index (χ1) is 12.8. The van der Waals surface area contributed by atoms with Crippen molar-refractivity contribution in [2.45, 2.75) is 0 Å². The van der Waals surface area contributed by atoms with E-state index >= 15 is 0 Å². The van der Waals surface area contributed by atoms with E-state index in [4.69, 9.17) is 14.5 Å². The minimum absolute atomic E-state index is 0.645. The summed E-state index contributed by atoms with van der Waals surface area (Å²) in [7, 11) is 0. The second kappa shape index (κ2) is 7.73. The Morgan fingerprint density at radius 3 is 2.23 bits per heavy atom. The molecule has 2 saturated heterocycles. The third kappa shape index (κ3) is 3.50. The maximum atomic E-state index is 9.48. The molecule has 0 atom stereocenters. The van der Waals surface area contributed by atoms with E-state index in [-0.39, 0.29) is 0 Å². The van der Waals surface area contributed by atoms with Crippen LogP contribution >= 0.6 is 0 Å². The summed E-state index contributed by atoms with van der Waals surface area (Å²) in [5.74, 6) is 0.944. The van der Waals surface area contributed by atoms with Crippen LogP contribution in [0.15, 0.2) is 36.4 Å². The van der Waals surface area contributed by atoms with E-state index in [9.17, 15) is 5.26 Å². The first kappa shape index (κ1) is 16.8. The van der Waals surface area contributed by atoms with Crippen molar-refractivity contribution in [2.75, 3.05) is 62.4 Å². The Morgan fingerprint density at radius 2 is 1.54 bits per heavy atom. The molecule has 0 amide bonds. The van der Waals surface area contributed by atoms with E-state index in [1.807, 2.05) is 24.3 Å². The molecule has 1 aromatic heterocycles. The molecule has 0 bridgehead atoms. The van der Waals surface area contributed by atoms with Gasteiger partial charge in [-0.05, 0) is 12.1 Å². The van der Waals surface area contributed by atoms with Gasteiger partial charge in [0.25, 0.3) is 0 Å². The molecule has 0 unspecified atom stereocenters. The maximum absolute atomic E-state index is 9.48. The summed E-state index contributed by atoms with van der Waals surface area (Å²) in [6, 6.07) is 14.2. The van der Waals surface area contributed by atoms with Crippen LogP contribution in [-0.4, -0.2) is 57.6 Å². The van der Waals surface area contributed by atoms with Gasteiger partial charge >= 0.3 is 0 Å². The predicted molar refractivity (Wildman–Crippen MR) is 100 cm³/mol. The van der Waals surface area contributed by atoms with Crippen LogP contribution in [0.4, 0.5) is 11.5 Å². The Bertz CT molecular complexity index is 769. The number of pyridine rings is 1. The van der Waals surface area contributed by atoms with Crippen molar-refractivity contribution in [1.29, 1.82) is 5.26 Å². The molecule has 1 aromatic carbocycles. The summed E-state index contributed by atoms with van der Waals surface area (Å²) in [4.78, 5) is 9.48. The first-order valence-corrected chi connectivity index (χ1v) is 9.02. The van der Waals surface area contributed by atoms with Crippen molar-refractivity contribution in [2.24, 2.45) is 0 Å². The number of ether oxygens (including phenoxy) is 2. The predicted octanol–water partition coefficient (Wildman–Crippen LogP) is 2.29. The standard InChI is InChI=1S/C20H22N4O2/c21-15-16-3-1-2-4-18(16)19-13-17(23-5-9-25-10-6-23)14-20(22-19)24-7-11-26-12-8-24/h1-4,13-14H,5-12H2. The fourth-order valence-electron chi connectivity index (χ4n) is 3.40. The van der Waals surface area contributed by atoms with E-state index in [1.54, 1.807) is 0 Å². The Labute approximate surface area is 153 Å². The van der Waals surface area contributed by atoms with E-state index < -0.39 is 0 Å². The average Bonchev–Trinajstić information content (AvgIpc) is 2.74. The van der Waals surface area contributed by atoms with Crippen LogP contribution in [0.3, 0.4) is 0 Å². The molecule has 3 heterocycles. The summed E-state index contributed by atoms with van der Waals surface area (Å²) >= 11 is 0. The van der Waals surface area contributed by atoms with Gasteiger partial charge in [-0.25, -0.2) is 4.98 Å². The van der Waals surface area contributed by atoms with Crippen LogP contribution in [0.5, 0.6) is 0 Å². The molecule has 0 N–H and O–H groups in total. The van der Waals surface area contributed by atoms with Crippen molar-refractivity contribution < 1.29 is 9.47 Å². The van der Waals surface area contributed by atoms with Crippen molar-refractivity contribution in [3.63, 3.8) is 0 Å². The van der Waals surface area contributed by atoms with Crippen LogP contribution in [0.1, 0.15) is 5.56 Å². The highest BCUT2D eigenvalue weighted by molar-refractivity contribution is 5.73. The van der Waals surface area contributed by atoms with Crippen LogP contribution in [0.2, 0.25) is 0 Å². The fourth-order valence-corrected chi connectivity index (χ4v) is 3.40. The van der Waals surface area contributed by atoms with Gasteiger partial charge in [-0.2, -0.15) is 5.26 Å². The molecular formula is C20H22N4O2. The molecule has 0 aliphatic carbocycles. The van der Waals surface area contributed by atoms with Crippen LogP contribution in [0.25, 0.3) is 11.3 Å². The number of morpholine rings is 2. The fraction of sp³-hybridized carbons (Fsp3) is 0.400. The third-order valence-electron chi connectivity index (χ3n) is 4.83. The van der Waals surface area contributed by atoms with Gasteiger partial charge < -0.3 is 19.3 Å². The van der Waals surface area contributed by atoms with Gasteiger partial charge in [-0.15, -0.1) is 0 Å². The van der Waals surface area contributed by atoms with Crippen LogP contribution in [-0.2, 0) is 9.47 Å². The number of aromatic nitrogens is 1. The molecular weight excluding hydrogens is 328 g/mol. The molecule has 2 aliphatic rings. The second-order valence-electron chi connectivity index (χ2n) is 6.43. The highest BCUT2D eigenvalue weighted by Gasteiger charge is 2.19. The van der Waals surface area contributed by atoms with E-state index in [0.29, 0.717) is 18.8 Å². The highest BCUT2D eigenvalue weighted by atomic mass is 16.5. The number of hydrogen-bond donors (Lipinski definition) is 0. The van der Waals surface area contributed by atoms with Crippen molar-refractivity contribution in [3.05, 3.63) is 42.0 Å². The number of nitrogens with zero attached hydrogens (tertiary/aromatic N) is 4. The first-order valence-electron chi connectivity index (χ1n) is 9.02.